The standard InChI is InChI=1S/C23H29N3O2S2/c1-17(13-18-7-3-2-4-8-18)24-15-19-9-5-6-10-21(19)26-30(27,28)20-11-12-22-23(14-20)29-16-25-22/h5-6,9-12,14,16-18,24,26H,2-4,7-8,13,15H2,1H3. The molecule has 1 unspecified atom stereocenters. The maximum Gasteiger partial charge on any atom is 0.261 e. The fourth-order valence-corrected chi connectivity index (χ4v) is 6.19. The summed E-state index contributed by atoms with van der Waals surface area (Å²) in [7, 11) is -3.67. The van der Waals surface area contributed by atoms with Gasteiger partial charge >= 0.3 is 0 Å². The third-order valence-corrected chi connectivity index (χ3v) is 8.08. The van der Waals surface area contributed by atoms with Crippen LogP contribution >= 0.6 is 11.3 Å². The zero-order chi connectivity index (χ0) is 21.0. The van der Waals surface area contributed by atoms with Crippen molar-refractivity contribution < 1.29 is 8.42 Å². The Morgan fingerprint density at radius 3 is 2.77 bits per heavy atom. The summed E-state index contributed by atoms with van der Waals surface area (Å²) in [6, 6.07) is 13.1. The average molecular weight is 444 g/mol. The molecule has 7 heteroatoms. The minimum absolute atomic E-state index is 0.257. The van der Waals surface area contributed by atoms with Crippen molar-refractivity contribution in [2.45, 2.75) is 62.9 Å². The lowest BCUT2D eigenvalue weighted by Crippen LogP contribution is -2.29. The van der Waals surface area contributed by atoms with E-state index in [4.69, 9.17) is 0 Å². The van der Waals surface area contributed by atoms with Crippen molar-refractivity contribution in [1.29, 1.82) is 0 Å². The Bertz CT molecular complexity index is 1090. The molecule has 0 saturated heterocycles. The first-order valence-electron chi connectivity index (χ1n) is 10.7. The summed E-state index contributed by atoms with van der Waals surface area (Å²) in [5, 5.41) is 3.59. The predicted octanol–water partition coefficient (Wildman–Crippen LogP) is 5.55. The van der Waals surface area contributed by atoms with Crippen LogP contribution in [-0.2, 0) is 16.6 Å². The summed E-state index contributed by atoms with van der Waals surface area (Å²) in [5.74, 6) is 0.816. The van der Waals surface area contributed by atoms with E-state index in [1.807, 2.05) is 24.3 Å². The van der Waals surface area contributed by atoms with Crippen molar-refractivity contribution in [1.82, 2.24) is 10.3 Å². The van der Waals surface area contributed by atoms with E-state index in [1.165, 1.54) is 49.9 Å². The van der Waals surface area contributed by atoms with Crippen molar-refractivity contribution in [2.24, 2.45) is 5.92 Å². The Morgan fingerprint density at radius 1 is 1.13 bits per heavy atom. The first-order chi connectivity index (χ1) is 14.5. The molecule has 0 aliphatic heterocycles. The van der Waals surface area contributed by atoms with Crippen LogP contribution in [0.1, 0.15) is 51.0 Å². The number of fused-ring (bicyclic) bond motifs is 1. The van der Waals surface area contributed by atoms with Gasteiger partial charge in [0.1, 0.15) is 0 Å². The molecule has 2 aromatic carbocycles. The highest BCUT2D eigenvalue weighted by molar-refractivity contribution is 7.92. The lowest BCUT2D eigenvalue weighted by atomic mass is 9.85. The molecule has 0 radical (unpaired) electrons. The number of anilines is 1. The molecule has 1 aliphatic rings. The van der Waals surface area contributed by atoms with Crippen LogP contribution in [0.15, 0.2) is 52.9 Å². The molecule has 0 bridgehead atoms. The number of aromatic nitrogens is 1. The van der Waals surface area contributed by atoms with Gasteiger partial charge in [0.15, 0.2) is 0 Å². The fourth-order valence-electron chi connectivity index (χ4n) is 4.27. The average Bonchev–Trinajstić information content (AvgIpc) is 3.22. The van der Waals surface area contributed by atoms with E-state index in [0.29, 0.717) is 18.3 Å². The Kier molecular flexibility index (Phi) is 6.71. The van der Waals surface area contributed by atoms with Crippen molar-refractivity contribution in [2.75, 3.05) is 4.72 Å². The van der Waals surface area contributed by atoms with Gasteiger partial charge in [-0.05, 0) is 49.1 Å². The summed E-state index contributed by atoms with van der Waals surface area (Å²) in [5.41, 5.74) is 4.12. The topological polar surface area (TPSA) is 71.1 Å². The molecule has 1 aromatic heterocycles. The van der Waals surface area contributed by atoms with Gasteiger partial charge in [0, 0.05) is 12.6 Å². The van der Waals surface area contributed by atoms with E-state index in [1.54, 1.807) is 23.7 Å². The summed E-state index contributed by atoms with van der Waals surface area (Å²) in [4.78, 5) is 4.47. The zero-order valence-corrected chi connectivity index (χ0v) is 18.9. The molecule has 1 heterocycles. The number of thiazole rings is 1. The van der Waals surface area contributed by atoms with E-state index < -0.39 is 10.0 Å². The number of hydrogen-bond donors (Lipinski definition) is 2. The summed E-state index contributed by atoms with van der Waals surface area (Å²) >= 11 is 1.44. The van der Waals surface area contributed by atoms with Gasteiger partial charge < -0.3 is 5.32 Å². The predicted molar refractivity (Wildman–Crippen MR) is 124 cm³/mol. The van der Waals surface area contributed by atoms with Gasteiger partial charge in [-0.25, -0.2) is 13.4 Å². The van der Waals surface area contributed by atoms with Crippen LogP contribution in [0, 0.1) is 5.92 Å². The number of rotatable bonds is 8. The van der Waals surface area contributed by atoms with Gasteiger partial charge in [-0.3, -0.25) is 4.72 Å². The minimum atomic E-state index is -3.67. The molecule has 1 atom stereocenters. The molecule has 3 aromatic rings. The Labute approximate surface area is 183 Å². The van der Waals surface area contributed by atoms with E-state index in [9.17, 15) is 8.42 Å². The number of hydrogen-bond acceptors (Lipinski definition) is 5. The second kappa shape index (κ2) is 9.45. The Morgan fingerprint density at radius 2 is 1.93 bits per heavy atom. The van der Waals surface area contributed by atoms with Crippen LogP contribution in [0.4, 0.5) is 5.69 Å². The van der Waals surface area contributed by atoms with Crippen LogP contribution in [0.3, 0.4) is 0 Å². The largest absolute Gasteiger partial charge is 0.310 e. The zero-order valence-electron chi connectivity index (χ0n) is 17.3. The third kappa shape index (κ3) is 5.20. The summed E-state index contributed by atoms with van der Waals surface area (Å²) < 4.78 is 29.6. The molecule has 30 heavy (non-hydrogen) atoms. The van der Waals surface area contributed by atoms with E-state index in [0.717, 1.165) is 21.7 Å². The van der Waals surface area contributed by atoms with Gasteiger partial charge in [0.25, 0.3) is 10.0 Å². The van der Waals surface area contributed by atoms with Crippen molar-refractivity contribution in [3.8, 4) is 0 Å². The van der Waals surface area contributed by atoms with Gasteiger partial charge in [-0.15, -0.1) is 11.3 Å². The van der Waals surface area contributed by atoms with E-state index >= 15 is 0 Å². The fraction of sp³-hybridized carbons (Fsp3) is 0.435. The van der Waals surface area contributed by atoms with Crippen molar-refractivity contribution in [3.63, 3.8) is 0 Å². The molecule has 2 N–H and O–H groups in total. The van der Waals surface area contributed by atoms with Crippen LogP contribution in [0.25, 0.3) is 10.2 Å². The molecule has 4 rings (SSSR count). The van der Waals surface area contributed by atoms with Crippen LogP contribution in [-0.4, -0.2) is 19.4 Å². The molecule has 0 amide bonds. The molecule has 1 saturated carbocycles. The second-order valence-electron chi connectivity index (χ2n) is 8.27. The quantitative estimate of drug-likeness (QED) is 0.479. The summed E-state index contributed by atoms with van der Waals surface area (Å²) in [6.07, 6.45) is 7.95. The van der Waals surface area contributed by atoms with E-state index in [2.05, 4.69) is 21.9 Å². The van der Waals surface area contributed by atoms with Crippen molar-refractivity contribution in [3.05, 3.63) is 53.5 Å². The van der Waals surface area contributed by atoms with Crippen molar-refractivity contribution >= 4 is 37.3 Å². The smallest absolute Gasteiger partial charge is 0.261 e. The highest BCUT2D eigenvalue weighted by Crippen LogP contribution is 2.28. The monoisotopic (exact) mass is 443 g/mol. The number of nitrogens with one attached hydrogen (secondary N) is 2. The summed E-state index contributed by atoms with van der Waals surface area (Å²) in [6.45, 7) is 2.87. The molecule has 0 spiro atoms. The number of nitrogens with zero attached hydrogens (tertiary/aromatic N) is 1. The maximum atomic E-state index is 13.0. The third-order valence-electron chi connectivity index (χ3n) is 5.93. The molecular weight excluding hydrogens is 414 g/mol. The SMILES string of the molecule is CC(CC1CCCCC1)NCc1ccccc1NS(=O)(=O)c1ccc2ncsc2c1. The maximum absolute atomic E-state index is 13.0. The first-order valence-corrected chi connectivity index (χ1v) is 13.0. The number of para-hydroxylation sites is 1. The molecule has 5 nitrogen and oxygen atoms in total. The first kappa shape index (κ1) is 21.3. The number of benzene rings is 2. The number of sulfonamides is 1. The Balaban J connectivity index is 1.43. The Hall–Kier alpha value is -1.96. The lowest BCUT2D eigenvalue weighted by Gasteiger charge is -2.25. The minimum Gasteiger partial charge on any atom is -0.310 e. The van der Waals surface area contributed by atoms with Crippen LogP contribution < -0.4 is 10.0 Å². The van der Waals surface area contributed by atoms with Gasteiger partial charge in [0.2, 0.25) is 0 Å². The van der Waals surface area contributed by atoms with Gasteiger partial charge in [-0.2, -0.15) is 0 Å². The molecule has 160 valence electrons. The highest BCUT2D eigenvalue weighted by Gasteiger charge is 2.19. The van der Waals surface area contributed by atoms with Gasteiger partial charge in [0.05, 0.1) is 26.3 Å². The normalized spacial score (nSPS) is 16.6. The molecule has 1 aliphatic carbocycles. The van der Waals surface area contributed by atoms with Crippen LogP contribution in [0.2, 0.25) is 0 Å². The lowest BCUT2D eigenvalue weighted by molar-refractivity contribution is 0.305. The molecular formula is C23H29N3O2S2. The molecule has 1 fully saturated rings. The van der Waals surface area contributed by atoms with E-state index in [-0.39, 0.29) is 4.90 Å². The highest BCUT2D eigenvalue weighted by atomic mass is 32.2. The van der Waals surface area contributed by atoms with Gasteiger partial charge in [-0.1, -0.05) is 50.3 Å². The van der Waals surface area contributed by atoms with Crippen LogP contribution in [0.5, 0.6) is 0 Å². The second-order valence-corrected chi connectivity index (χ2v) is 10.8.